The molecule has 0 aliphatic heterocycles. The highest BCUT2D eigenvalue weighted by Gasteiger charge is 2.08. The molecule has 0 radical (unpaired) electrons. The van der Waals surface area contributed by atoms with Gasteiger partial charge in [0.25, 0.3) is 0 Å². The van der Waals surface area contributed by atoms with E-state index < -0.39 is 6.55 Å². The van der Waals surface area contributed by atoms with Crippen molar-refractivity contribution >= 4 is 0 Å². The van der Waals surface area contributed by atoms with Crippen molar-refractivity contribution in [1.82, 2.24) is 9.78 Å². The lowest BCUT2D eigenvalue weighted by Gasteiger charge is -2.01. The fourth-order valence-electron chi connectivity index (χ4n) is 1.63. The zero-order valence-electron chi connectivity index (χ0n) is 9.05. The molecule has 2 aromatic rings. The highest BCUT2D eigenvalue weighted by molar-refractivity contribution is 5.62. The van der Waals surface area contributed by atoms with Crippen LogP contribution in [0.1, 0.15) is 12.1 Å². The summed E-state index contributed by atoms with van der Waals surface area (Å²) in [7, 11) is 0. The molecule has 0 saturated heterocycles. The van der Waals surface area contributed by atoms with Crippen molar-refractivity contribution in [2.24, 2.45) is 0 Å². The normalized spacial score (nSPS) is 11.1. The van der Waals surface area contributed by atoms with Crippen LogP contribution >= 0.6 is 0 Å². The Hall–Kier alpha value is -1.75. The maximum atomic E-state index is 12.4. The van der Waals surface area contributed by atoms with Gasteiger partial charge in [0.1, 0.15) is 0 Å². The number of nitrogens with zero attached hydrogens (tertiary/aromatic N) is 2. The molecule has 1 heterocycles. The van der Waals surface area contributed by atoms with Crippen LogP contribution in [-0.4, -0.2) is 21.5 Å². The summed E-state index contributed by atoms with van der Waals surface area (Å²) in [6, 6.07) is 7.41. The minimum Gasteiger partial charge on any atom is -0.396 e. The maximum absolute atomic E-state index is 12.4. The number of halogens is 2. The molecule has 90 valence electrons. The first-order valence-electron chi connectivity index (χ1n) is 5.23. The van der Waals surface area contributed by atoms with E-state index in [9.17, 15) is 8.78 Å². The van der Waals surface area contributed by atoms with Crippen molar-refractivity contribution < 1.29 is 13.9 Å². The van der Waals surface area contributed by atoms with Crippen molar-refractivity contribution in [2.75, 3.05) is 6.61 Å². The van der Waals surface area contributed by atoms with Crippen LogP contribution in [0.2, 0.25) is 0 Å². The van der Waals surface area contributed by atoms with E-state index in [0.717, 1.165) is 11.1 Å². The standard InChI is InChI=1S/C12H12F2N2O/c13-12(14)16-8-11(7-15-16)10-3-1-2-9(6-10)4-5-17/h1-3,6-8,12,17H,4-5H2. The van der Waals surface area contributed by atoms with Crippen molar-refractivity contribution in [3.8, 4) is 11.1 Å². The van der Waals surface area contributed by atoms with E-state index >= 15 is 0 Å². The largest absolute Gasteiger partial charge is 0.396 e. The second kappa shape index (κ2) is 5.05. The number of benzene rings is 1. The van der Waals surface area contributed by atoms with Crippen molar-refractivity contribution in [2.45, 2.75) is 13.0 Å². The van der Waals surface area contributed by atoms with Crippen LogP contribution in [0.4, 0.5) is 8.78 Å². The van der Waals surface area contributed by atoms with Gasteiger partial charge in [-0.2, -0.15) is 13.9 Å². The Balaban J connectivity index is 2.28. The summed E-state index contributed by atoms with van der Waals surface area (Å²) in [4.78, 5) is 0. The second-order valence-electron chi connectivity index (χ2n) is 3.66. The number of aliphatic hydroxyl groups is 1. The van der Waals surface area contributed by atoms with E-state index in [1.54, 1.807) is 0 Å². The molecule has 0 saturated carbocycles. The molecule has 0 aliphatic rings. The monoisotopic (exact) mass is 238 g/mol. The van der Waals surface area contributed by atoms with Crippen LogP contribution in [0.3, 0.4) is 0 Å². The molecule has 0 atom stereocenters. The van der Waals surface area contributed by atoms with Gasteiger partial charge < -0.3 is 5.11 Å². The van der Waals surface area contributed by atoms with Crippen LogP contribution in [0.5, 0.6) is 0 Å². The average Bonchev–Trinajstić information content (AvgIpc) is 2.79. The molecule has 0 fully saturated rings. The number of rotatable bonds is 4. The second-order valence-corrected chi connectivity index (χ2v) is 3.66. The van der Waals surface area contributed by atoms with Gasteiger partial charge in [0.05, 0.1) is 6.20 Å². The quantitative estimate of drug-likeness (QED) is 0.888. The molecule has 1 aromatic heterocycles. The van der Waals surface area contributed by atoms with E-state index in [0.29, 0.717) is 16.7 Å². The fraction of sp³-hybridized carbons (Fsp3) is 0.250. The van der Waals surface area contributed by atoms with Gasteiger partial charge in [0, 0.05) is 18.4 Å². The first-order valence-corrected chi connectivity index (χ1v) is 5.23. The maximum Gasteiger partial charge on any atom is 0.333 e. The zero-order valence-corrected chi connectivity index (χ0v) is 9.05. The van der Waals surface area contributed by atoms with Gasteiger partial charge in [-0.25, -0.2) is 4.68 Å². The van der Waals surface area contributed by atoms with Crippen LogP contribution < -0.4 is 0 Å². The molecule has 0 amide bonds. The smallest absolute Gasteiger partial charge is 0.333 e. The van der Waals surface area contributed by atoms with Crippen LogP contribution in [0, 0.1) is 0 Å². The van der Waals surface area contributed by atoms with Crippen molar-refractivity contribution in [3.63, 3.8) is 0 Å². The lowest BCUT2D eigenvalue weighted by molar-refractivity contribution is 0.0566. The van der Waals surface area contributed by atoms with E-state index in [4.69, 9.17) is 5.11 Å². The van der Waals surface area contributed by atoms with E-state index in [1.807, 2.05) is 24.3 Å². The highest BCUT2D eigenvalue weighted by atomic mass is 19.3. The van der Waals surface area contributed by atoms with Gasteiger partial charge in [-0.1, -0.05) is 24.3 Å². The van der Waals surface area contributed by atoms with Gasteiger partial charge in [-0.05, 0) is 17.5 Å². The van der Waals surface area contributed by atoms with Crippen molar-refractivity contribution in [1.29, 1.82) is 0 Å². The van der Waals surface area contributed by atoms with Crippen LogP contribution in [-0.2, 0) is 6.42 Å². The molecular formula is C12H12F2N2O. The highest BCUT2D eigenvalue weighted by Crippen LogP contribution is 2.21. The molecule has 5 heteroatoms. The Bertz CT molecular complexity index is 497. The number of aliphatic hydroxyl groups excluding tert-OH is 1. The summed E-state index contributed by atoms with van der Waals surface area (Å²) in [5, 5.41) is 12.4. The Labute approximate surface area is 97.3 Å². The Morgan fingerprint density at radius 2 is 2.12 bits per heavy atom. The third-order valence-corrected chi connectivity index (χ3v) is 2.46. The molecule has 0 bridgehead atoms. The van der Waals surface area contributed by atoms with Gasteiger partial charge in [-0.15, -0.1) is 0 Å². The van der Waals surface area contributed by atoms with Gasteiger partial charge >= 0.3 is 6.55 Å². The molecular weight excluding hydrogens is 226 g/mol. The molecule has 0 aliphatic carbocycles. The first kappa shape index (κ1) is 11.7. The fourth-order valence-corrected chi connectivity index (χ4v) is 1.63. The third kappa shape index (κ3) is 2.68. The summed E-state index contributed by atoms with van der Waals surface area (Å²) in [6.45, 7) is -2.55. The predicted molar refractivity (Wildman–Crippen MR) is 59.7 cm³/mol. The van der Waals surface area contributed by atoms with Gasteiger partial charge in [0.2, 0.25) is 0 Å². The molecule has 2 rings (SSSR count). The minimum atomic E-state index is -2.62. The lowest BCUT2D eigenvalue weighted by Crippen LogP contribution is -1.96. The van der Waals surface area contributed by atoms with Crippen LogP contribution in [0.25, 0.3) is 11.1 Å². The number of hydrogen-bond acceptors (Lipinski definition) is 2. The number of alkyl halides is 2. The predicted octanol–water partition coefficient (Wildman–Crippen LogP) is 2.48. The summed E-state index contributed by atoms with van der Waals surface area (Å²) in [5.74, 6) is 0. The lowest BCUT2D eigenvalue weighted by atomic mass is 10.0. The van der Waals surface area contributed by atoms with Crippen molar-refractivity contribution in [3.05, 3.63) is 42.2 Å². The molecule has 0 unspecified atom stereocenters. The molecule has 1 aromatic carbocycles. The van der Waals surface area contributed by atoms with E-state index in [2.05, 4.69) is 5.10 Å². The molecule has 17 heavy (non-hydrogen) atoms. The Morgan fingerprint density at radius 3 is 2.76 bits per heavy atom. The average molecular weight is 238 g/mol. The van der Waals surface area contributed by atoms with Crippen LogP contribution in [0.15, 0.2) is 36.7 Å². The van der Waals surface area contributed by atoms with Gasteiger partial charge in [-0.3, -0.25) is 0 Å². The third-order valence-electron chi connectivity index (χ3n) is 2.46. The number of hydrogen-bond donors (Lipinski definition) is 1. The SMILES string of the molecule is OCCc1cccc(-c2cnn(C(F)F)c2)c1. The van der Waals surface area contributed by atoms with Gasteiger partial charge in [0.15, 0.2) is 0 Å². The van der Waals surface area contributed by atoms with E-state index in [1.165, 1.54) is 12.4 Å². The molecule has 3 nitrogen and oxygen atoms in total. The topological polar surface area (TPSA) is 38.1 Å². The summed E-state index contributed by atoms with van der Waals surface area (Å²) in [5.41, 5.74) is 2.43. The molecule has 1 N–H and O–H groups in total. The first-order chi connectivity index (χ1) is 8.20. The summed E-state index contributed by atoms with van der Waals surface area (Å²) < 4.78 is 25.3. The Kier molecular flexibility index (Phi) is 3.49. The Morgan fingerprint density at radius 1 is 1.29 bits per heavy atom. The summed E-state index contributed by atoms with van der Waals surface area (Å²) >= 11 is 0. The summed E-state index contributed by atoms with van der Waals surface area (Å²) in [6.07, 6.45) is 3.27. The minimum absolute atomic E-state index is 0.0692. The molecule has 0 spiro atoms. The number of aromatic nitrogens is 2. The zero-order chi connectivity index (χ0) is 12.3. The van der Waals surface area contributed by atoms with E-state index in [-0.39, 0.29) is 6.61 Å².